The average molecular weight is 375 g/mol. The molecular weight excluding hydrogens is 350 g/mol. The molecule has 0 bridgehead atoms. The molecule has 28 heavy (non-hydrogen) atoms. The van der Waals surface area contributed by atoms with Gasteiger partial charge in [-0.15, -0.1) is 0 Å². The summed E-state index contributed by atoms with van der Waals surface area (Å²) in [7, 11) is 1.91. The van der Waals surface area contributed by atoms with Crippen molar-refractivity contribution in [3.05, 3.63) is 42.9 Å². The predicted molar refractivity (Wildman–Crippen MR) is 110 cm³/mol. The zero-order valence-corrected chi connectivity index (χ0v) is 16.4. The lowest BCUT2D eigenvalue weighted by molar-refractivity contribution is -0.137. The van der Waals surface area contributed by atoms with Crippen LogP contribution in [0.1, 0.15) is 26.2 Å². The van der Waals surface area contributed by atoms with Gasteiger partial charge in [-0.2, -0.15) is 5.10 Å². The minimum Gasteiger partial charge on any atom is -0.310 e. The Labute approximate surface area is 164 Å². The largest absolute Gasteiger partial charge is 0.310 e. The van der Waals surface area contributed by atoms with E-state index >= 15 is 0 Å². The van der Waals surface area contributed by atoms with Crippen LogP contribution in [0.5, 0.6) is 0 Å². The topological polar surface area (TPSA) is 63.1 Å². The number of carbonyl (C=O) groups excluding carboxylic acids is 1. The third-order valence-corrected chi connectivity index (χ3v) is 6.23. The van der Waals surface area contributed by atoms with Gasteiger partial charge in [0.15, 0.2) is 0 Å². The lowest BCUT2D eigenvalue weighted by Crippen LogP contribution is -2.62. The summed E-state index contributed by atoms with van der Waals surface area (Å²) in [5.41, 5.74) is 1.91. The second-order valence-electron chi connectivity index (χ2n) is 8.26. The zero-order valence-electron chi connectivity index (χ0n) is 16.4. The Hall–Kier alpha value is -2.73. The smallest absolute Gasteiger partial charge is 0.234 e. The van der Waals surface area contributed by atoms with E-state index in [1.807, 2.05) is 31.7 Å². The Kier molecular flexibility index (Phi) is 3.98. The van der Waals surface area contributed by atoms with Crippen molar-refractivity contribution in [3.63, 3.8) is 0 Å². The minimum atomic E-state index is -0.267. The molecule has 5 rings (SSSR count). The molecule has 1 saturated carbocycles. The number of nitrogens with one attached hydrogen (secondary N) is 1. The van der Waals surface area contributed by atoms with Gasteiger partial charge in [0, 0.05) is 49.5 Å². The molecule has 6 nitrogen and oxygen atoms in total. The van der Waals surface area contributed by atoms with E-state index in [1.54, 1.807) is 4.68 Å². The molecule has 0 radical (unpaired) electrons. The number of likely N-dealkylation sites (tertiary alicyclic amines) is 1. The molecule has 0 atom stereocenters. The number of hydrogen-bond acceptors (Lipinski definition) is 4. The van der Waals surface area contributed by atoms with Crippen LogP contribution in [0.25, 0.3) is 21.9 Å². The number of pyridine rings is 1. The van der Waals surface area contributed by atoms with Crippen LogP contribution in [0.3, 0.4) is 0 Å². The first-order valence-electron chi connectivity index (χ1n) is 10.0. The van der Waals surface area contributed by atoms with Gasteiger partial charge in [-0.1, -0.05) is 19.1 Å². The van der Waals surface area contributed by atoms with Gasteiger partial charge in [-0.3, -0.25) is 14.4 Å². The number of aryl methyl sites for hydroxylation is 1. The Morgan fingerprint density at radius 2 is 2.00 bits per heavy atom. The Bertz CT molecular complexity index is 1050. The molecule has 1 aromatic carbocycles. The third kappa shape index (κ3) is 2.98. The van der Waals surface area contributed by atoms with Gasteiger partial charge in [0.1, 0.15) is 5.82 Å². The van der Waals surface area contributed by atoms with Crippen molar-refractivity contribution in [3.8, 4) is 11.1 Å². The van der Waals surface area contributed by atoms with E-state index in [4.69, 9.17) is 0 Å². The van der Waals surface area contributed by atoms with E-state index in [0.29, 0.717) is 5.82 Å². The van der Waals surface area contributed by atoms with Crippen LogP contribution in [0.15, 0.2) is 42.9 Å². The maximum atomic E-state index is 13.0. The molecule has 6 heteroatoms. The third-order valence-electron chi connectivity index (χ3n) is 6.23. The van der Waals surface area contributed by atoms with E-state index in [-0.39, 0.29) is 11.3 Å². The number of benzene rings is 1. The second kappa shape index (κ2) is 6.41. The molecule has 1 aliphatic heterocycles. The summed E-state index contributed by atoms with van der Waals surface area (Å²) in [4.78, 5) is 19.9. The fraction of sp³-hybridized carbons (Fsp3) is 0.409. The summed E-state index contributed by atoms with van der Waals surface area (Å²) in [5.74, 6) is 0.723. The molecule has 2 aromatic heterocycles. The van der Waals surface area contributed by atoms with E-state index < -0.39 is 0 Å². The van der Waals surface area contributed by atoms with Gasteiger partial charge in [0.2, 0.25) is 5.91 Å². The van der Waals surface area contributed by atoms with Crippen LogP contribution < -0.4 is 5.32 Å². The molecule has 1 N–H and O–H groups in total. The number of aromatic nitrogens is 3. The van der Waals surface area contributed by atoms with Crippen molar-refractivity contribution in [2.75, 3.05) is 18.4 Å². The number of hydrogen-bond donors (Lipinski definition) is 1. The molecule has 1 aliphatic carbocycles. The number of anilines is 1. The lowest BCUT2D eigenvalue weighted by atomic mass is 9.76. The molecule has 0 spiro atoms. The van der Waals surface area contributed by atoms with Crippen LogP contribution in [0.2, 0.25) is 0 Å². The number of carbonyl (C=O) groups is 1. The fourth-order valence-electron chi connectivity index (χ4n) is 4.16. The molecule has 0 unspecified atom stereocenters. The van der Waals surface area contributed by atoms with Crippen LogP contribution >= 0.6 is 0 Å². The summed E-state index contributed by atoms with van der Waals surface area (Å²) < 4.78 is 1.80. The number of fused-ring (bicyclic) bond motifs is 1. The van der Waals surface area contributed by atoms with Gasteiger partial charge < -0.3 is 5.32 Å². The molecule has 144 valence electrons. The highest BCUT2D eigenvalue weighted by Crippen LogP contribution is 2.42. The Morgan fingerprint density at radius 1 is 1.18 bits per heavy atom. The first kappa shape index (κ1) is 17.4. The summed E-state index contributed by atoms with van der Waals surface area (Å²) in [5, 5.41) is 9.44. The summed E-state index contributed by atoms with van der Waals surface area (Å²) in [6, 6.07) is 8.94. The van der Waals surface area contributed by atoms with Crippen molar-refractivity contribution >= 4 is 22.5 Å². The Morgan fingerprint density at radius 3 is 2.68 bits per heavy atom. The maximum Gasteiger partial charge on any atom is 0.234 e. The molecule has 1 amide bonds. The lowest BCUT2D eigenvalue weighted by Gasteiger charge is -2.48. The van der Waals surface area contributed by atoms with Gasteiger partial charge >= 0.3 is 0 Å². The summed E-state index contributed by atoms with van der Waals surface area (Å²) >= 11 is 0. The number of amides is 1. The van der Waals surface area contributed by atoms with Crippen molar-refractivity contribution in [1.82, 2.24) is 19.7 Å². The van der Waals surface area contributed by atoms with Gasteiger partial charge in [-0.05, 0) is 42.3 Å². The molecule has 3 heterocycles. The molecular formula is C22H25N5O. The standard InChI is InChI=1S/C22H25N5O/c1-3-22(13-27(14-22)19-6-7-19)21(28)25-20-9-17-8-15(4-5-16(17)10-23-20)18-11-24-26(2)12-18/h4-5,8-12,19H,3,6-7,13-14H2,1-2H3,(H,23,25,28). The highest BCUT2D eigenvalue weighted by Gasteiger charge is 2.51. The SMILES string of the molecule is CCC1(C(=O)Nc2cc3cc(-c4cnn(C)c4)ccc3cn2)CN(C2CC2)C1. The zero-order chi connectivity index (χ0) is 19.3. The van der Waals surface area contributed by atoms with Crippen molar-refractivity contribution in [2.45, 2.75) is 32.2 Å². The minimum absolute atomic E-state index is 0.0992. The van der Waals surface area contributed by atoms with E-state index in [1.165, 1.54) is 12.8 Å². The normalized spacial score (nSPS) is 18.8. The monoisotopic (exact) mass is 375 g/mol. The molecule has 2 fully saturated rings. The second-order valence-corrected chi connectivity index (χ2v) is 8.26. The van der Waals surface area contributed by atoms with Gasteiger partial charge in [-0.25, -0.2) is 4.98 Å². The molecule has 1 saturated heterocycles. The van der Waals surface area contributed by atoms with Gasteiger partial charge in [0.05, 0.1) is 11.6 Å². The summed E-state index contributed by atoms with van der Waals surface area (Å²) in [6.07, 6.45) is 9.12. The highest BCUT2D eigenvalue weighted by atomic mass is 16.2. The summed E-state index contributed by atoms with van der Waals surface area (Å²) in [6.45, 7) is 3.86. The van der Waals surface area contributed by atoms with Crippen LogP contribution in [0, 0.1) is 5.41 Å². The van der Waals surface area contributed by atoms with Crippen molar-refractivity contribution in [1.29, 1.82) is 0 Å². The average Bonchev–Trinajstić information content (AvgIpc) is 3.40. The fourth-order valence-corrected chi connectivity index (χ4v) is 4.16. The van der Waals surface area contributed by atoms with E-state index in [9.17, 15) is 4.79 Å². The van der Waals surface area contributed by atoms with E-state index in [2.05, 4.69) is 45.4 Å². The molecule has 3 aromatic rings. The van der Waals surface area contributed by atoms with Gasteiger partial charge in [0.25, 0.3) is 0 Å². The van der Waals surface area contributed by atoms with Crippen LogP contribution in [-0.4, -0.2) is 44.7 Å². The number of nitrogens with zero attached hydrogens (tertiary/aromatic N) is 4. The maximum absolute atomic E-state index is 13.0. The van der Waals surface area contributed by atoms with Crippen LogP contribution in [0.4, 0.5) is 5.82 Å². The quantitative estimate of drug-likeness (QED) is 0.742. The van der Waals surface area contributed by atoms with Crippen molar-refractivity contribution < 1.29 is 4.79 Å². The van der Waals surface area contributed by atoms with E-state index in [0.717, 1.165) is 47.5 Å². The predicted octanol–water partition coefficient (Wildman–Crippen LogP) is 3.45. The molecule has 2 aliphatic rings. The first-order chi connectivity index (χ1) is 13.6. The van der Waals surface area contributed by atoms with Crippen LogP contribution in [-0.2, 0) is 11.8 Å². The Balaban J connectivity index is 1.37. The number of rotatable bonds is 5. The first-order valence-corrected chi connectivity index (χ1v) is 10.0. The highest BCUT2D eigenvalue weighted by molar-refractivity contribution is 5.97. The van der Waals surface area contributed by atoms with Crippen molar-refractivity contribution in [2.24, 2.45) is 12.5 Å².